The number of anilines is 5. The molecule has 2 aliphatic heterocycles. The second-order valence-electron chi connectivity index (χ2n) is 8.70. The lowest BCUT2D eigenvalue weighted by molar-refractivity contribution is 0.0997. The summed E-state index contributed by atoms with van der Waals surface area (Å²) in [6.45, 7) is 4.57. The molecule has 3 aromatic heterocycles. The van der Waals surface area contributed by atoms with Crippen LogP contribution < -0.4 is 20.0 Å². The highest BCUT2D eigenvalue weighted by molar-refractivity contribution is 6.13. The maximum Gasteiger partial charge on any atom is 0.261 e. The number of rotatable bonds is 5. The average Bonchev–Trinajstić information content (AvgIpc) is 3.18. The molecule has 0 aromatic carbocycles. The fourth-order valence-corrected chi connectivity index (χ4v) is 4.23. The molecule has 0 atom stereocenters. The number of carbonyl (C=O) groups excluding carboxylic acids is 1. The molecular formula is C24H28N8O. The molecule has 9 heteroatoms. The highest BCUT2D eigenvalue weighted by atomic mass is 16.2. The minimum Gasteiger partial charge on any atom is -0.368 e. The molecule has 0 unspecified atom stereocenters. The number of aromatic nitrogens is 3. The number of piperazine rings is 1. The summed E-state index contributed by atoms with van der Waals surface area (Å²) in [5, 5.41) is 3.31. The first-order chi connectivity index (χ1) is 16.0. The van der Waals surface area contributed by atoms with Crippen LogP contribution in [0.4, 0.5) is 28.7 Å². The normalized spacial score (nSPS) is 16.2. The molecule has 170 valence electrons. The molecule has 0 aliphatic carbocycles. The van der Waals surface area contributed by atoms with E-state index in [1.807, 2.05) is 43.4 Å². The third-order valence-electron chi connectivity index (χ3n) is 6.19. The van der Waals surface area contributed by atoms with E-state index in [1.54, 1.807) is 23.5 Å². The fraction of sp³-hybridized carbons (Fsp3) is 0.333. The predicted octanol–water partition coefficient (Wildman–Crippen LogP) is 2.59. The van der Waals surface area contributed by atoms with E-state index in [-0.39, 0.29) is 5.91 Å². The smallest absolute Gasteiger partial charge is 0.261 e. The number of carbonyl (C=O) groups is 1. The van der Waals surface area contributed by atoms with Gasteiger partial charge in [0.25, 0.3) is 5.91 Å². The van der Waals surface area contributed by atoms with Crippen molar-refractivity contribution in [1.82, 2.24) is 19.9 Å². The van der Waals surface area contributed by atoms with Gasteiger partial charge in [-0.05, 0) is 25.2 Å². The van der Waals surface area contributed by atoms with Crippen LogP contribution in [0.25, 0.3) is 0 Å². The Hall–Kier alpha value is -3.72. The van der Waals surface area contributed by atoms with Crippen molar-refractivity contribution < 1.29 is 4.79 Å². The Morgan fingerprint density at radius 3 is 2.52 bits per heavy atom. The highest BCUT2D eigenvalue weighted by Crippen LogP contribution is 2.34. The number of fused-ring (bicyclic) bond motifs is 1. The molecule has 1 amide bonds. The topological polar surface area (TPSA) is 80.7 Å². The molecule has 1 fully saturated rings. The van der Waals surface area contributed by atoms with Crippen molar-refractivity contribution in [2.75, 3.05) is 67.3 Å². The lowest BCUT2D eigenvalue weighted by Gasteiger charge is -2.33. The van der Waals surface area contributed by atoms with Gasteiger partial charge >= 0.3 is 0 Å². The SMILES string of the molecule is CN1CCN(c2ccc(Nc3cncc4c3C(=O)N(c3ccnc(N(C)C)c3)C4)nc2)CC1. The minimum absolute atomic E-state index is 0.0557. The second kappa shape index (κ2) is 8.67. The molecule has 0 bridgehead atoms. The zero-order valence-electron chi connectivity index (χ0n) is 19.2. The van der Waals surface area contributed by atoms with Crippen molar-refractivity contribution >= 4 is 34.6 Å². The van der Waals surface area contributed by atoms with Crippen molar-refractivity contribution in [3.05, 3.63) is 60.2 Å². The Kier molecular flexibility index (Phi) is 5.55. The second-order valence-corrected chi connectivity index (χ2v) is 8.70. The van der Waals surface area contributed by atoms with Crippen LogP contribution in [0.3, 0.4) is 0 Å². The van der Waals surface area contributed by atoms with E-state index in [4.69, 9.17) is 0 Å². The van der Waals surface area contributed by atoms with Gasteiger partial charge in [0.2, 0.25) is 0 Å². The van der Waals surface area contributed by atoms with Gasteiger partial charge in [-0.1, -0.05) is 0 Å². The van der Waals surface area contributed by atoms with Crippen LogP contribution in [-0.4, -0.2) is 73.1 Å². The number of nitrogens with zero attached hydrogens (tertiary/aromatic N) is 7. The third-order valence-corrected chi connectivity index (χ3v) is 6.19. The molecule has 1 N–H and O–H groups in total. The van der Waals surface area contributed by atoms with Gasteiger partial charge in [-0.25, -0.2) is 9.97 Å². The summed E-state index contributed by atoms with van der Waals surface area (Å²) in [6, 6.07) is 7.81. The largest absolute Gasteiger partial charge is 0.368 e. The monoisotopic (exact) mass is 444 g/mol. The van der Waals surface area contributed by atoms with Gasteiger partial charge < -0.3 is 24.9 Å². The maximum atomic E-state index is 13.4. The minimum atomic E-state index is -0.0557. The number of pyridine rings is 3. The van der Waals surface area contributed by atoms with Crippen LogP contribution in [0.1, 0.15) is 15.9 Å². The van der Waals surface area contributed by atoms with Crippen molar-refractivity contribution in [3.63, 3.8) is 0 Å². The molecule has 2 aliphatic rings. The summed E-state index contributed by atoms with van der Waals surface area (Å²) in [6.07, 6.45) is 7.06. The first kappa shape index (κ1) is 21.1. The standard InChI is InChI=1S/C24H28N8O/c1-29(2)22-12-18(6-7-26-22)32-16-17-13-25-15-20(23(17)24(32)33)28-21-5-4-19(14-27-21)31-10-8-30(3)9-11-31/h4-7,12-15H,8-11,16H2,1-3H3,(H,27,28). The zero-order chi connectivity index (χ0) is 22.9. The Morgan fingerprint density at radius 1 is 0.970 bits per heavy atom. The molecule has 5 heterocycles. The molecule has 0 spiro atoms. The molecule has 0 saturated carbocycles. The van der Waals surface area contributed by atoms with Crippen LogP contribution in [0.5, 0.6) is 0 Å². The van der Waals surface area contributed by atoms with Crippen LogP contribution >= 0.6 is 0 Å². The van der Waals surface area contributed by atoms with Gasteiger partial charge in [0.15, 0.2) is 0 Å². The molecule has 3 aromatic rings. The molecule has 1 saturated heterocycles. The number of amides is 1. The van der Waals surface area contributed by atoms with Crippen LogP contribution in [0.2, 0.25) is 0 Å². The van der Waals surface area contributed by atoms with Crippen LogP contribution in [0, 0.1) is 0 Å². The average molecular weight is 445 g/mol. The molecule has 33 heavy (non-hydrogen) atoms. The van der Waals surface area contributed by atoms with Crippen LogP contribution in [0.15, 0.2) is 49.1 Å². The lowest BCUT2D eigenvalue weighted by atomic mass is 10.1. The summed E-state index contributed by atoms with van der Waals surface area (Å²) in [4.78, 5) is 35.0. The molecule has 0 radical (unpaired) electrons. The number of hydrogen-bond acceptors (Lipinski definition) is 8. The van der Waals surface area contributed by atoms with Crippen molar-refractivity contribution in [1.29, 1.82) is 0 Å². The maximum absolute atomic E-state index is 13.4. The number of likely N-dealkylation sites (N-methyl/N-ethyl adjacent to an activating group) is 1. The number of nitrogens with one attached hydrogen (secondary N) is 1. The van der Waals surface area contributed by atoms with Gasteiger partial charge in [-0.3, -0.25) is 9.78 Å². The van der Waals surface area contributed by atoms with Gasteiger partial charge in [0, 0.05) is 70.0 Å². The van der Waals surface area contributed by atoms with Gasteiger partial charge in [-0.2, -0.15) is 0 Å². The Labute approximate surface area is 193 Å². The Bertz CT molecular complexity index is 1160. The van der Waals surface area contributed by atoms with Crippen molar-refractivity contribution in [2.45, 2.75) is 6.54 Å². The molecule has 9 nitrogen and oxygen atoms in total. The van der Waals surface area contributed by atoms with E-state index in [0.29, 0.717) is 23.6 Å². The summed E-state index contributed by atoms with van der Waals surface area (Å²) >= 11 is 0. The summed E-state index contributed by atoms with van der Waals surface area (Å²) in [5.41, 5.74) is 4.12. The number of hydrogen-bond donors (Lipinski definition) is 1. The van der Waals surface area contributed by atoms with Gasteiger partial charge in [0.1, 0.15) is 11.6 Å². The molecule has 5 rings (SSSR count). The van der Waals surface area contributed by atoms with E-state index >= 15 is 0 Å². The van der Waals surface area contributed by atoms with Crippen molar-refractivity contribution in [2.24, 2.45) is 0 Å². The molecular weight excluding hydrogens is 416 g/mol. The summed E-state index contributed by atoms with van der Waals surface area (Å²) in [7, 11) is 6.01. The Balaban J connectivity index is 1.35. The van der Waals surface area contributed by atoms with Gasteiger partial charge in [-0.15, -0.1) is 0 Å². The first-order valence-corrected chi connectivity index (χ1v) is 11.1. The van der Waals surface area contributed by atoms with E-state index in [2.05, 4.69) is 43.2 Å². The van der Waals surface area contributed by atoms with E-state index in [9.17, 15) is 4.79 Å². The van der Waals surface area contributed by atoms with E-state index in [0.717, 1.165) is 48.9 Å². The fourth-order valence-electron chi connectivity index (χ4n) is 4.23. The summed E-state index contributed by atoms with van der Waals surface area (Å²) < 4.78 is 0. The zero-order valence-corrected chi connectivity index (χ0v) is 19.2. The lowest BCUT2D eigenvalue weighted by Crippen LogP contribution is -2.44. The van der Waals surface area contributed by atoms with Gasteiger partial charge in [0.05, 0.1) is 35.9 Å². The summed E-state index contributed by atoms with van der Waals surface area (Å²) in [5.74, 6) is 1.44. The highest BCUT2D eigenvalue weighted by Gasteiger charge is 2.32. The first-order valence-electron chi connectivity index (χ1n) is 11.1. The van der Waals surface area contributed by atoms with E-state index < -0.39 is 0 Å². The third kappa shape index (κ3) is 4.19. The quantitative estimate of drug-likeness (QED) is 0.643. The Morgan fingerprint density at radius 2 is 1.79 bits per heavy atom. The van der Waals surface area contributed by atoms with Crippen LogP contribution in [-0.2, 0) is 6.54 Å². The van der Waals surface area contributed by atoms with Crippen molar-refractivity contribution in [3.8, 4) is 0 Å². The predicted molar refractivity (Wildman–Crippen MR) is 131 cm³/mol. The van der Waals surface area contributed by atoms with E-state index in [1.165, 1.54) is 0 Å².